The Labute approximate surface area is 160 Å². The van der Waals surface area contributed by atoms with Crippen molar-refractivity contribution >= 4 is 28.9 Å². The summed E-state index contributed by atoms with van der Waals surface area (Å²) in [5.74, 6) is -0.144. The first kappa shape index (κ1) is 19.1. The zero-order chi connectivity index (χ0) is 18.9. The van der Waals surface area contributed by atoms with E-state index in [1.807, 2.05) is 20.8 Å². The first-order chi connectivity index (χ1) is 12.2. The minimum Gasteiger partial charge on any atom is -0.353 e. The van der Waals surface area contributed by atoms with Gasteiger partial charge < -0.3 is 15.5 Å². The highest BCUT2D eigenvalue weighted by Crippen LogP contribution is 2.35. The molecule has 2 fully saturated rings. The zero-order valence-corrected chi connectivity index (χ0v) is 16.5. The summed E-state index contributed by atoms with van der Waals surface area (Å²) in [5.41, 5.74) is 0.434. The van der Waals surface area contributed by atoms with Gasteiger partial charge in [-0.2, -0.15) is 0 Å². The second kappa shape index (κ2) is 7.51. The summed E-state index contributed by atoms with van der Waals surface area (Å²) >= 11 is 5.66. The maximum absolute atomic E-state index is 13.1. The van der Waals surface area contributed by atoms with Crippen molar-refractivity contribution < 1.29 is 9.18 Å². The molecule has 0 saturated carbocycles. The molecule has 2 aliphatic rings. The van der Waals surface area contributed by atoms with Gasteiger partial charge in [0, 0.05) is 29.2 Å². The highest BCUT2D eigenvalue weighted by molar-refractivity contribution is 7.80. The molecule has 2 N–H and O–H groups in total. The molecule has 0 spiro atoms. The van der Waals surface area contributed by atoms with Gasteiger partial charge in [-0.25, -0.2) is 4.39 Å². The van der Waals surface area contributed by atoms with E-state index in [0.29, 0.717) is 17.2 Å². The first-order valence-corrected chi connectivity index (χ1v) is 9.81. The maximum atomic E-state index is 13.1. The molecule has 2 bridgehead atoms. The molecule has 3 rings (SSSR count). The fourth-order valence-electron chi connectivity index (χ4n) is 3.95. The zero-order valence-electron chi connectivity index (χ0n) is 15.7. The monoisotopic (exact) mass is 377 g/mol. The molecule has 26 heavy (non-hydrogen) atoms. The van der Waals surface area contributed by atoms with Crippen molar-refractivity contribution in [2.45, 2.75) is 71.0 Å². The summed E-state index contributed by atoms with van der Waals surface area (Å²) in [6.07, 6.45) is 5.21. The number of benzene rings is 1. The number of halogens is 1. The second-order valence-electron chi connectivity index (χ2n) is 8.47. The van der Waals surface area contributed by atoms with Crippen LogP contribution in [0.25, 0.3) is 0 Å². The molecule has 4 nitrogen and oxygen atoms in total. The van der Waals surface area contributed by atoms with Crippen molar-refractivity contribution in [2.75, 3.05) is 5.32 Å². The van der Waals surface area contributed by atoms with E-state index in [2.05, 4.69) is 15.5 Å². The molecule has 6 heteroatoms. The van der Waals surface area contributed by atoms with Gasteiger partial charge >= 0.3 is 0 Å². The van der Waals surface area contributed by atoms with E-state index in [9.17, 15) is 9.18 Å². The molecule has 0 aliphatic carbocycles. The number of nitrogens with zero attached hydrogens (tertiary/aromatic N) is 1. The van der Waals surface area contributed by atoms with E-state index in [1.165, 1.54) is 18.6 Å². The van der Waals surface area contributed by atoms with E-state index in [-0.39, 0.29) is 23.2 Å². The SMILES string of the molecule is CC(C)(C)C(=O)NC1C[C@H]2CCC[C@@H](C1)N2C(=S)Nc1ccc(F)cc1. The van der Waals surface area contributed by atoms with Gasteiger partial charge in [0.2, 0.25) is 5.91 Å². The van der Waals surface area contributed by atoms with Gasteiger partial charge in [0.25, 0.3) is 0 Å². The Hall–Kier alpha value is -1.69. The predicted molar refractivity (Wildman–Crippen MR) is 107 cm³/mol. The maximum Gasteiger partial charge on any atom is 0.225 e. The van der Waals surface area contributed by atoms with Gasteiger partial charge in [0.05, 0.1) is 0 Å². The minimum atomic E-state index is -0.369. The third-order valence-electron chi connectivity index (χ3n) is 5.32. The van der Waals surface area contributed by atoms with Crippen LogP contribution in [0.15, 0.2) is 24.3 Å². The highest BCUT2D eigenvalue weighted by Gasteiger charge is 2.40. The molecule has 1 unspecified atom stereocenters. The lowest BCUT2D eigenvalue weighted by Crippen LogP contribution is -2.60. The normalized spacial score (nSPS) is 25.5. The quantitative estimate of drug-likeness (QED) is 0.763. The van der Waals surface area contributed by atoms with Crippen molar-refractivity contribution in [3.05, 3.63) is 30.1 Å². The van der Waals surface area contributed by atoms with Gasteiger partial charge in [-0.1, -0.05) is 20.8 Å². The predicted octanol–water partition coefficient (Wildman–Crippen LogP) is 4.07. The molecule has 0 radical (unpaired) electrons. The van der Waals surface area contributed by atoms with E-state index in [0.717, 1.165) is 31.4 Å². The molecule has 2 saturated heterocycles. The number of anilines is 1. The van der Waals surface area contributed by atoms with E-state index in [4.69, 9.17) is 12.2 Å². The Balaban J connectivity index is 1.65. The summed E-state index contributed by atoms with van der Waals surface area (Å²) in [7, 11) is 0. The van der Waals surface area contributed by atoms with Gasteiger partial charge in [-0.15, -0.1) is 0 Å². The molecule has 3 atom stereocenters. The number of nitrogens with one attached hydrogen (secondary N) is 2. The first-order valence-electron chi connectivity index (χ1n) is 9.40. The summed E-state index contributed by atoms with van der Waals surface area (Å²) in [6.45, 7) is 5.83. The molecule has 1 amide bonds. The Bertz CT molecular complexity index is 657. The number of hydrogen-bond donors (Lipinski definition) is 2. The van der Waals surface area contributed by atoms with Crippen LogP contribution < -0.4 is 10.6 Å². The standard InChI is InChI=1S/C20H28FN3OS/c1-20(2,3)18(25)22-15-11-16-5-4-6-17(12-15)24(16)19(26)23-14-9-7-13(21)8-10-14/h7-10,15-17H,4-6,11-12H2,1-3H3,(H,22,25)(H,23,26)/t15?,16-,17+. The van der Waals surface area contributed by atoms with Crippen molar-refractivity contribution in [1.82, 2.24) is 10.2 Å². The molecule has 2 aliphatic heterocycles. The second-order valence-corrected chi connectivity index (χ2v) is 8.86. The highest BCUT2D eigenvalue weighted by atomic mass is 32.1. The van der Waals surface area contributed by atoms with Gasteiger partial charge in [0.1, 0.15) is 5.82 Å². The number of fused-ring (bicyclic) bond motifs is 2. The lowest BCUT2D eigenvalue weighted by atomic mass is 9.81. The molecular formula is C20H28FN3OS. The van der Waals surface area contributed by atoms with Crippen LogP contribution in [0.1, 0.15) is 52.9 Å². The number of carbonyl (C=O) groups is 1. The molecule has 1 aromatic rings. The fraction of sp³-hybridized carbons (Fsp3) is 0.600. The molecule has 1 aromatic carbocycles. The Morgan fingerprint density at radius 2 is 1.73 bits per heavy atom. The van der Waals surface area contributed by atoms with Gasteiger partial charge in [-0.3, -0.25) is 4.79 Å². The average molecular weight is 378 g/mol. The largest absolute Gasteiger partial charge is 0.353 e. The summed E-state index contributed by atoms with van der Waals surface area (Å²) < 4.78 is 13.1. The van der Waals surface area contributed by atoms with Crippen LogP contribution in [-0.4, -0.2) is 34.0 Å². The van der Waals surface area contributed by atoms with Crippen LogP contribution in [0.2, 0.25) is 0 Å². The van der Waals surface area contributed by atoms with Crippen molar-refractivity contribution in [3.8, 4) is 0 Å². The number of thiocarbonyl (C=S) groups is 1. The van der Waals surface area contributed by atoms with Crippen LogP contribution in [-0.2, 0) is 4.79 Å². The number of piperidine rings is 2. The Kier molecular flexibility index (Phi) is 5.51. The van der Waals surface area contributed by atoms with Crippen LogP contribution in [0.5, 0.6) is 0 Å². The van der Waals surface area contributed by atoms with E-state index in [1.54, 1.807) is 12.1 Å². The van der Waals surface area contributed by atoms with E-state index < -0.39 is 0 Å². The Morgan fingerprint density at radius 3 is 2.27 bits per heavy atom. The summed E-state index contributed by atoms with van der Waals surface area (Å²) in [5, 5.41) is 7.18. The lowest BCUT2D eigenvalue weighted by Gasteiger charge is -2.50. The summed E-state index contributed by atoms with van der Waals surface area (Å²) in [6, 6.07) is 7.16. The number of hydrogen-bond acceptors (Lipinski definition) is 2. The fourth-order valence-corrected chi connectivity index (χ4v) is 4.37. The summed E-state index contributed by atoms with van der Waals surface area (Å²) in [4.78, 5) is 14.7. The average Bonchev–Trinajstić information content (AvgIpc) is 2.55. The number of carbonyl (C=O) groups excluding carboxylic acids is 1. The van der Waals surface area contributed by atoms with Crippen LogP contribution in [0.3, 0.4) is 0 Å². The lowest BCUT2D eigenvalue weighted by molar-refractivity contribution is -0.129. The van der Waals surface area contributed by atoms with Crippen LogP contribution in [0.4, 0.5) is 10.1 Å². The molecular weight excluding hydrogens is 349 g/mol. The minimum absolute atomic E-state index is 0.112. The van der Waals surface area contributed by atoms with Crippen LogP contribution >= 0.6 is 12.2 Å². The van der Waals surface area contributed by atoms with Crippen molar-refractivity contribution in [1.29, 1.82) is 0 Å². The van der Waals surface area contributed by atoms with Gasteiger partial charge in [-0.05, 0) is 68.6 Å². The number of rotatable bonds is 2. The van der Waals surface area contributed by atoms with E-state index >= 15 is 0 Å². The topological polar surface area (TPSA) is 44.4 Å². The molecule has 142 valence electrons. The van der Waals surface area contributed by atoms with Crippen LogP contribution in [0, 0.1) is 11.2 Å². The van der Waals surface area contributed by atoms with Crippen molar-refractivity contribution in [3.63, 3.8) is 0 Å². The van der Waals surface area contributed by atoms with Gasteiger partial charge in [0.15, 0.2) is 5.11 Å². The number of amides is 1. The molecule has 0 aromatic heterocycles. The Morgan fingerprint density at radius 1 is 1.15 bits per heavy atom. The molecule has 2 heterocycles. The smallest absolute Gasteiger partial charge is 0.225 e. The third kappa shape index (κ3) is 4.34. The third-order valence-corrected chi connectivity index (χ3v) is 5.63. The van der Waals surface area contributed by atoms with Crippen molar-refractivity contribution in [2.24, 2.45) is 5.41 Å².